The van der Waals surface area contributed by atoms with Crippen molar-refractivity contribution in [3.63, 3.8) is 0 Å². The zero-order valence-corrected chi connectivity index (χ0v) is 17.0. The highest BCUT2D eigenvalue weighted by molar-refractivity contribution is 5.93. The van der Waals surface area contributed by atoms with E-state index in [1.165, 1.54) is 6.08 Å². The van der Waals surface area contributed by atoms with Gasteiger partial charge in [0.25, 0.3) is 0 Å². The molecule has 9 nitrogen and oxygen atoms in total. The van der Waals surface area contributed by atoms with Gasteiger partial charge in [0.15, 0.2) is 0 Å². The van der Waals surface area contributed by atoms with Gasteiger partial charge in [-0.3, -0.25) is 10.0 Å². The van der Waals surface area contributed by atoms with Crippen molar-refractivity contribution in [2.45, 2.75) is 57.9 Å². The van der Waals surface area contributed by atoms with Crippen LogP contribution in [0.2, 0.25) is 0 Å². The van der Waals surface area contributed by atoms with Crippen molar-refractivity contribution in [1.29, 1.82) is 0 Å². The van der Waals surface area contributed by atoms with E-state index in [1.807, 2.05) is 6.92 Å². The number of rotatable bonds is 8. The van der Waals surface area contributed by atoms with Gasteiger partial charge in [-0.25, -0.2) is 24.8 Å². The third-order valence-electron chi connectivity index (χ3n) is 6.15. The van der Waals surface area contributed by atoms with Crippen LogP contribution in [0.15, 0.2) is 12.7 Å². The Morgan fingerprint density at radius 2 is 1.97 bits per heavy atom. The van der Waals surface area contributed by atoms with Crippen molar-refractivity contribution in [1.82, 2.24) is 10.4 Å². The van der Waals surface area contributed by atoms with Crippen LogP contribution in [-0.4, -0.2) is 64.9 Å². The largest absolute Gasteiger partial charge is 0.445 e. The molecule has 2 aliphatic rings. The predicted molar refractivity (Wildman–Crippen MR) is 104 cm³/mol. The quantitative estimate of drug-likeness (QED) is 0.209. The molecule has 2 rings (SSSR count). The van der Waals surface area contributed by atoms with Gasteiger partial charge in [0.05, 0.1) is 19.0 Å². The fraction of sp³-hybridized carbons (Fsp3) is 0.700. The molecule has 0 aromatic carbocycles. The number of quaternary nitrogens is 1. The number of imide groups is 2. The maximum Gasteiger partial charge on any atom is 0.433 e. The van der Waals surface area contributed by atoms with E-state index in [4.69, 9.17) is 4.74 Å². The van der Waals surface area contributed by atoms with Crippen molar-refractivity contribution in [2.24, 2.45) is 11.8 Å². The van der Waals surface area contributed by atoms with Gasteiger partial charge < -0.3 is 4.74 Å². The molecule has 1 aliphatic carbocycles. The maximum atomic E-state index is 13.6. The van der Waals surface area contributed by atoms with E-state index in [0.29, 0.717) is 30.2 Å². The van der Waals surface area contributed by atoms with E-state index in [-0.39, 0.29) is 38.1 Å². The molecule has 2 fully saturated rings. The van der Waals surface area contributed by atoms with Crippen LogP contribution in [0.3, 0.4) is 0 Å². The van der Waals surface area contributed by atoms with Crippen molar-refractivity contribution in [2.75, 3.05) is 19.7 Å². The molecule has 1 unspecified atom stereocenters. The van der Waals surface area contributed by atoms with Crippen molar-refractivity contribution >= 4 is 24.4 Å². The molecule has 0 bridgehead atoms. The van der Waals surface area contributed by atoms with Gasteiger partial charge in [0.1, 0.15) is 12.6 Å². The zero-order valence-electron chi connectivity index (χ0n) is 17.0. The van der Waals surface area contributed by atoms with Crippen LogP contribution < -0.4 is 5.32 Å². The molecule has 0 radical (unpaired) electrons. The number of hydrogen-bond acceptors (Lipinski definition) is 6. The third-order valence-corrected chi connectivity index (χ3v) is 6.15. The lowest BCUT2D eigenvalue weighted by atomic mass is 9.91. The molecule has 2 N–H and O–H groups in total. The highest BCUT2D eigenvalue weighted by Gasteiger charge is 2.55. The summed E-state index contributed by atoms with van der Waals surface area (Å²) < 4.78 is 4.31. The van der Waals surface area contributed by atoms with Gasteiger partial charge in [-0.2, -0.15) is 4.48 Å². The number of hydroxylamine groups is 2. The Balaban J connectivity index is 2.25. The summed E-state index contributed by atoms with van der Waals surface area (Å²) in [5.74, 6) is -0.733. The molecule has 1 saturated carbocycles. The van der Waals surface area contributed by atoms with Crippen LogP contribution in [0.5, 0.6) is 0 Å². The lowest BCUT2D eigenvalue weighted by molar-refractivity contribution is -0.786. The van der Waals surface area contributed by atoms with Gasteiger partial charge in [-0.15, -0.1) is 0 Å². The number of nitrogens with one attached hydrogen (secondary N) is 1. The normalized spacial score (nSPS) is 25.2. The zero-order chi connectivity index (χ0) is 21.4. The molecule has 3 atom stereocenters. The molecule has 29 heavy (non-hydrogen) atoms. The van der Waals surface area contributed by atoms with Crippen molar-refractivity contribution < 1.29 is 33.6 Å². The van der Waals surface area contributed by atoms with Crippen LogP contribution >= 0.6 is 0 Å². The Kier molecular flexibility index (Phi) is 8.33. The second kappa shape index (κ2) is 10.5. The van der Waals surface area contributed by atoms with Crippen LogP contribution in [0.1, 0.15) is 51.9 Å². The molecule has 9 heteroatoms. The Labute approximate surface area is 171 Å². The monoisotopic (exact) mass is 410 g/mol. The Morgan fingerprint density at radius 3 is 2.52 bits per heavy atom. The summed E-state index contributed by atoms with van der Waals surface area (Å²) in [6.07, 6.45) is 6.71. The summed E-state index contributed by atoms with van der Waals surface area (Å²) in [6, 6.07) is -1.04. The number of urea groups is 1. The minimum Gasteiger partial charge on any atom is -0.445 e. The highest BCUT2D eigenvalue weighted by Crippen LogP contribution is 2.35. The summed E-state index contributed by atoms with van der Waals surface area (Å²) in [6.45, 7) is 5.31. The summed E-state index contributed by atoms with van der Waals surface area (Å²) >= 11 is 0. The number of carbonyl (C=O) groups excluding carboxylic acids is 4. The fourth-order valence-corrected chi connectivity index (χ4v) is 4.66. The number of alkyl carbamates (subject to hydrolysis) is 1. The molecule has 1 heterocycles. The smallest absolute Gasteiger partial charge is 0.433 e. The first kappa shape index (κ1) is 23.0. The first-order chi connectivity index (χ1) is 13.8. The fourth-order valence-electron chi connectivity index (χ4n) is 4.66. The van der Waals surface area contributed by atoms with Gasteiger partial charge in [0.2, 0.25) is 6.41 Å². The summed E-state index contributed by atoms with van der Waals surface area (Å²) in [7, 11) is 0. The van der Waals surface area contributed by atoms with Gasteiger partial charge in [-0.1, -0.05) is 38.3 Å². The average molecular weight is 410 g/mol. The Bertz CT molecular complexity index is 634. The van der Waals surface area contributed by atoms with Crippen LogP contribution in [-0.2, 0) is 14.3 Å². The standard InChI is InChI=1S/C20H31N3O6/c1-3-11-29-20(27)21-19(26)23(10-6-7-15(23)2)18(25)17(13-22(28)14-24)12-16-8-4-5-9-16/h3,14-17,28H,1,4-13H2,2H3/p+1/t15-,17-,23?/m1/s1. The van der Waals surface area contributed by atoms with Crippen molar-refractivity contribution in [3.8, 4) is 0 Å². The van der Waals surface area contributed by atoms with Gasteiger partial charge >= 0.3 is 18.0 Å². The maximum absolute atomic E-state index is 13.6. The van der Waals surface area contributed by atoms with E-state index >= 15 is 0 Å². The van der Waals surface area contributed by atoms with E-state index in [1.54, 1.807) is 0 Å². The number of ether oxygens (including phenoxy) is 1. The van der Waals surface area contributed by atoms with Crippen molar-refractivity contribution in [3.05, 3.63) is 12.7 Å². The molecule has 162 valence electrons. The molecule has 1 aliphatic heterocycles. The van der Waals surface area contributed by atoms with Crippen LogP contribution in [0.25, 0.3) is 0 Å². The molecule has 0 aromatic rings. The lowest BCUT2D eigenvalue weighted by Gasteiger charge is -2.36. The molecular weight excluding hydrogens is 378 g/mol. The first-order valence-electron chi connectivity index (χ1n) is 10.3. The van der Waals surface area contributed by atoms with E-state index in [2.05, 4.69) is 11.9 Å². The van der Waals surface area contributed by atoms with E-state index in [0.717, 1.165) is 25.7 Å². The lowest BCUT2D eigenvalue weighted by Crippen LogP contribution is -2.65. The number of nitrogens with zero attached hydrogens (tertiary/aromatic N) is 2. The molecule has 0 aromatic heterocycles. The predicted octanol–water partition coefficient (Wildman–Crippen LogP) is 2.59. The second-order valence-corrected chi connectivity index (χ2v) is 8.05. The molecular formula is C20H32N3O6+. The Morgan fingerprint density at radius 1 is 1.28 bits per heavy atom. The summed E-state index contributed by atoms with van der Waals surface area (Å²) in [5, 5.41) is 12.4. The van der Waals surface area contributed by atoms with Crippen LogP contribution in [0, 0.1) is 11.8 Å². The van der Waals surface area contributed by atoms with Gasteiger partial charge in [-0.05, 0) is 19.3 Å². The minimum atomic E-state index is -0.927. The van der Waals surface area contributed by atoms with E-state index in [9.17, 15) is 24.4 Å². The third kappa shape index (κ3) is 5.42. The second-order valence-electron chi connectivity index (χ2n) is 8.05. The number of amides is 5. The van der Waals surface area contributed by atoms with Gasteiger partial charge in [0, 0.05) is 12.8 Å². The summed E-state index contributed by atoms with van der Waals surface area (Å²) in [4.78, 5) is 49.6. The SMILES string of the molecule is C=CCOC(=O)NC(=O)[N+]1(C(=O)[C@H](CC2CCCC2)CN(O)C=O)CCC[C@H]1C. The molecule has 1 saturated heterocycles. The first-order valence-corrected chi connectivity index (χ1v) is 10.3. The minimum absolute atomic E-state index is 0.0499. The highest BCUT2D eigenvalue weighted by atomic mass is 16.5. The Hall–Kier alpha value is -2.26. The summed E-state index contributed by atoms with van der Waals surface area (Å²) in [5.41, 5.74) is 0. The van der Waals surface area contributed by atoms with E-state index < -0.39 is 22.5 Å². The molecule has 0 spiro atoms. The number of carbonyl (C=O) groups is 4. The number of likely N-dealkylation sites (tertiary alicyclic amines) is 1. The van der Waals surface area contributed by atoms with Crippen LogP contribution in [0.4, 0.5) is 9.59 Å². The average Bonchev–Trinajstić information content (AvgIpc) is 3.35. The number of hydrogen-bond donors (Lipinski definition) is 2. The molecule has 5 amide bonds. The topological polar surface area (TPSA) is 113 Å².